The highest BCUT2D eigenvalue weighted by molar-refractivity contribution is 6.01. The predicted molar refractivity (Wildman–Crippen MR) is 54.3 cm³/mol. The maximum absolute atomic E-state index is 11.6. The van der Waals surface area contributed by atoms with E-state index in [1.807, 2.05) is 45.2 Å². The lowest BCUT2D eigenvalue weighted by Gasteiger charge is -2.03. The molecule has 2 nitrogen and oxygen atoms in total. The van der Waals surface area contributed by atoms with Gasteiger partial charge in [0.1, 0.15) is 0 Å². The molecule has 0 aromatic rings. The molecule has 1 amide bonds. The van der Waals surface area contributed by atoms with Gasteiger partial charge in [-0.05, 0) is 25.5 Å². The second-order valence-corrected chi connectivity index (χ2v) is 3.08. The van der Waals surface area contributed by atoms with Crippen molar-refractivity contribution < 1.29 is 4.79 Å². The number of rotatable bonds is 1. The number of hydrogen-bond acceptors (Lipinski definition) is 1. The largest absolute Gasteiger partial charge is 0.337 e. The zero-order valence-corrected chi connectivity index (χ0v) is 8.37. The minimum Gasteiger partial charge on any atom is -0.337 e. The third-order valence-corrected chi connectivity index (χ3v) is 2.13. The molecule has 0 aromatic carbocycles. The van der Waals surface area contributed by atoms with Crippen molar-refractivity contribution in [1.82, 2.24) is 4.90 Å². The summed E-state index contributed by atoms with van der Waals surface area (Å²) in [6.45, 7) is 4.64. The van der Waals surface area contributed by atoms with E-state index in [0.717, 1.165) is 17.7 Å². The van der Waals surface area contributed by atoms with Gasteiger partial charge in [0.2, 0.25) is 0 Å². The second-order valence-electron chi connectivity index (χ2n) is 3.08. The Morgan fingerprint density at radius 3 is 2.62 bits per heavy atom. The molecule has 0 aromatic heterocycles. The number of carbonyl (C=O) groups excluding carboxylic acids is 1. The lowest BCUT2D eigenvalue weighted by molar-refractivity contribution is -0.123. The van der Waals surface area contributed by atoms with Crippen molar-refractivity contribution in [1.29, 1.82) is 0 Å². The number of hydrogen-bond donors (Lipinski definition) is 0. The Labute approximate surface area is 79.2 Å². The SMILES string of the molecule is C\C=C/C=C1/C(=O)N(C)C/C1=C/C. The molecule has 1 fully saturated rings. The summed E-state index contributed by atoms with van der Waals surface area (Å²) in [4.78, 5) is 13.3. The van der Waals surface area contributed by atoms with Crippen molar-refractivity contribution in [2.45, 2.75) is 13.8 Å². The van der Waals surface area contributed by atoms with Crippen LogP contribution in [0.3, 0.4) is 0 Å². The van der Waals surface area contributed by atoms with Crippen molar-refractivity contribution in [2.24, 2.45) is 0 Å². The summed E-state index contributed by atoms with van der Waals surface area (Å²) < 4.78 is 0. The van der Waals surface area contributed by atoms with E-state index < -0.39 is 0 Å². The quantitative estimate of drug-likeness (QED) is 0.560. The van der Waals surface area contributed by atoms with Crippen LogP contribution in [-0.2, 0) is 4.79 Å². The number of carbonyl (C=O) groups is 1. The topological polar surface area (TPSA) is 20.3 Å². The average molecular weight is 177 g/mol. The normalized spacial score (nSPS) is 24.2. The van der Waals surface area contributed by atoms with Gasteiger partial charge in [-0.2, -0.15) is 0 Å². The summed E-state index contributed by atoms with van der Waals surface area (Å²) in [5, 5.41) is 0. The third kappa shape index (κ3) is 1.89. The van der Waals surface area contributed by atoms with E-state index >= 15 is 0 Å². The molecule has 70 valence electrons. The molecule has 0 radical (unpaired) electrons. The van der Waals surface area contributed by atoms with Gasteiger partial charge in [0, 0.05) is 19.2 Å². The smallest absolute Gasteiger partial charge is 0.254 e. The Kier molecular flexibility index (Phi) is 3.07. The maximum atomic E-state index is 11.6. The molecule has 1 aliphatic heterocycles. The van der Waals surface area contributed by atoms with E-state index in [4.69, 9.17) is 0 Å². The molecule has 1 aliphatic rings. The molecule has 13 heavy (non-hydrogen) atoms. The molecule has 1 heterocycles. The van der Waals surface area contributed by atoms with E-state index in [1.54, 1.807) is 4.90 Å². The van der Waals surface area contributed by atoms with Gasteiger partial charge in [0.15, 0.2) is 0 Å². The highest BCUT2D eigenvalue weighted by Gasteiger charge is 2.25. The van der Waals surface area contributed by atoms with Crippen LogP contribution in [0.1, 0.15) is 13.8 Å². The van der Waals surface area contributed by atoms with E-state index in [-0.39, 0.29) is 5.91 Å². The number of nitrogens with zero attached hydrogens (tertiary/aromatic N) is 1. The Morgan fingerprint density at radius 2 is 2.08 bits per heavy atom. The summed E-state index contributed by atoms with van der Waals surface area (Å²) in [6.07, 6.45) is 7.69. The van der Waals surface area contributed by atoms with E-state index in [9.17, 15) is 4.79 Å². The summed E-state index contributed by atoms with van der Waals surface area (Å²) >= 11 is 0. The zero-order valence-electron chi connectivity index (χ0n) is 8.37. The molecular weight excluding hydrogens is 162 g/mol. The molecule has 2 heteroatoms. The first-order valence-electron chi connectivity index (χ1n) is 4.44. The number of likely N-dealkylation sites (tertiary alicyclic amines) is 1. The van der Waals surface area contributed by atoms with Crippen LogP contribution in [-0.4, -0.2) is 24.4 Å². The van der Waals surface area contributed by atoms with Crippen molar-refractivity contribution in [3.63, 3.8) is 0 Å². The monoisotopic (exact) mass is 177 g/mol. The van der Waals surface area contributed by atoms with Crippen molar-refractivity contribution in [3.8, 4) is 0 Å². The fraction of sp³-hybridized carbons (Fsp3) is 0.364. The molecule has 0 spiro atoms. The zero-order chi connectivity index (χ0) is 9.84. The van der Waals surface area contributed by atoms with E-state index in [2.05, 4.69) is 0 Å². The number of likely N-dealkylation sites (N-methyl/N-ethyl adjacent to an activating group) is 1. The molecule has 0 bridgehead atoms. The fourth-order valence-corrected chi connectivity index (χ4v) is 1.37. The van der Waals surface area contributed by atoms with E-state index in [0.29, 0.717) is 0 Å². The molecule has 0 saturated carbocycles. The summed E-state index contributed by atoms with van der Waals surface area (Å²) in [5.41, 5.74) is 1.94. The molecule has 0 unspecified atom stereocenters. The molecule has 1 saturated heterocycles. The molecule has 0 N–H and O–H groups in total. The molecule has 1 rings (SSSR count). The first-order chi connectivity index (χ1) is 6.20. The van der Waals surface area contributed by atoms with Crippen LogP contribution in [0.4, 0.5) is 0 Å². The Hall–Kier alpha value is -1.31. The molecule has 0 aliphatic carbocycles. The van der Waals surface area contributed by atoms with E-state index in [1.165, 1.54) is 0 Å². The summed E-state index contributed by atoms with van der Waals surface area (Å²) in [5.74, 6) is 0.117. The molecular formula is C11H15NO. The van der Waals surface area contributed by atoms with Gasteiger partial charge in [0.05, 0.1) is 0 Å². The predicted octanol–water partition coefficient (Wildman–Crippen LogP) is 1.91. The maximum Gasteiger partial charge on any atom is 0.254 e. The number of amides is 1. The van der Waals surface area contributed by atoms with Gasteiger partial charge in [-0.25, -0.2) is 0 Å². The van der Waals surface area contributed by atoms with Crippen LogP contribution >= 0.6 is 0 Å². The first-order valence-corrected chi connectivity index (χ1v) is 4.44. The Bertz CT molecular complexity index is 297. The van der Waals surface area contributed by atoms with Crippen molar-refractivity contribution in [3.05, 3.63) is 35.5 Å². The summed E-state index contributed by atoms with van der Waals surface area (Å²) in [7, 11) is 1.82. The van der Waals surface area contributed by atoms with Gasteiger partial charge >= 0.3 is 0 Å². The Morgan fingerprint density at radius 1 is 1.38 bits per heavy atom. The van der Waals surface area contributed by atoms with Crippen molar-refractivity contribution >= 4 is 5.91 Å². The second kappa shape index (κ2) is 4.08. The van der Waals surface area contributed by atoms with Crippen LogP contribution in [0.5, 0.6) is 0 Å². The van der Waals surface area contributed by atoms with Gasteiger partial charge < -0.3 is 4.90 Å². The Balaban J connectivity index is 2.99. The lowest BCUT2D eigenvalue weighted by atomic mass is 10.1. The highest BCUT2D eigenvalue weighted by atomic mass is 16.2. The fourth-order valence-electron chi connectivity index (χ4n) is 1.37. The molecule has 0 atom stereocenters. The van der Waals surface area contributed by atoms with Crippen LogP contribution in [0.25, 0.3) is 0 Å². The van der Waals surface area contributed by atoms with Gasteiger partial charge in [-0.3, -0.25) is 4.79 Å². The van der Waals surface area contributed by atoms with Gasteiger partial charge in [0.25, 0.3) is 5.91 Å². The minimum absolute atomic E-state index is 0.117. The minimum atomic E-state index is 0.117. The van der Waals surface area contributed by atoms with Crippen LogP contribution in [0, 0.1) is 0 Å². The van der Waals surface area contributed by atoms with Crippen LogP contribution in [0.15, 0.2) is 35.5 Å². The summed E-state index contributed by atoms with van der Waals surface area (Å²) in [6, 6.07) is 0. The van der Waals surface area contributed by atoms with Crippen LogP contribution in [0.2, 0.25) is 0 Å². The number of allylic oxidation sites excluding steroid dienone is 4. The standard InChI is InChI=1S/C11H15NO/c1-4-6-7-10-9(5-2)8-12(3)11(10)13/h4-7H,8H2,1-3H3/b6-4-,9-5-,10-7+. The van der Waals surface area contributed by atoms with Crippen LogP contribution < -0.4 is 0 Å². The first kappa shape index (κ1) is 9.78. The van der Waals surface area contributed by atoms with Crippen molar-refractivity contribution in [2.75, 3.05) is 13.6 Å². The highest BCUT2D eigenvalue weighted by Crippen LogP contribution is 2.21. The lowest BCUT2D eigenvalue weighted by Crippen LogP contribution is -2.18. The van der Waals surface area contributed by atoms with Gasteiger partial charge in [-0.1, -0.05) is 18.2 Å². The third-order valence-electron chi connectivity index (χ3n) is 2.13. The van der Waals surface area contributed by atoms with Gasteiger partial charge in [-0.15, -0.1) is 0 Å². The average Bonchev–Trinajstić information content (AvgIpc) is 2.40.